The van der Waals surface area contributed by atoms with Crippen molar-refractivity contribution in [2.45, 2.75) is 95.9 Å². The summed E-state index contributed by atoms with van der Waals surface area (Å²) in [6.45, 7) is 7.06. The number of fused-ring (bicyclic) bond motifs is 1. The molecule has 10 heteroatoms. The molecular formula is C28H44FN5O4. The van der Waals surface area contributed by atoms with Gasteiger partial charge in [0.1, 0.15) is 17.6 Å². The molecule has 4 rings (SSSR count). The Labute approximate surface area is 225 Å². The molecule has 38 heavy (non-hydrogen) atoms. The van der Waals surface area contributed by atoms with Crippen molar-refractivity contribution in [3.63, 3.8) is 0 Å². The molecule has 9 nitrogen and oxygen atoms in total. The van der Waals surface area contributed by atoms with E-state index in [1.54, 1.807) is 7.05 Å². The first-order valence-corrected chi connectivity index (χ1v) is 13.9. The van der Waals surface area contributed by atoms with Crippen molar-refractivity contribution in [2.24, 2.45) is 5.92 Å². The summed E-state index contributed by atoms with van der Waals surface area (Å²) in [4.78, 5) is 42.7. The minimum Gasteiger partial charge on any atom is -0.508 e. The maximum Gasteiger partial charge on any atom is 0.317 e. The molecule has 2 aliphatic heterocycles. The predicted molar refractivity (Wildman–Crippen MR) is 144 cm³/mol. The Kier molecular flexibility index (Phi) is 10.8. The Bertz CT molecular complexity index is 917. The third-order valence-corrected chi connectivity index (χ3v) is 7.87. The molecule has 0 radical (unpaired) electrons. The molecule has 1 aromatic carbocycles. The second kappa shape index (κ2) is 13.8. The van der Waals surface area contributed by atoms with Crippen LogP contribution in [0.2, 0.25) is 0 Å². The predicted octanol–water partition coefficient (Wildman–Crippen LogP) is 2.98. The summed E-state index contributed by atoms with van der Waals surface area (Å²) in [7, 11) is 1.75. The van der Waals surface area contributed by atoms with Crippen LogP contribution in [-0.4, -0.2) is 83.1 Å². The van der Waals surface area contributed by atoms with Crippen molar-refractivity contribution in [1.82, 2.24) is 25.8 Å². The Hall–Kier alpha value is -2.88. The van der Waals surface area contributed by atoms with Crippen molar-refractivity contribution in [1.29, 1.82) is 0 Å². The number of carbonyl (C=O) groups is 3. The monoisotopic (exact) mass is 533 g/mol. The van der Waals surface area contributed by atoms with Gasteiger partial charge >= 0.3 is 6.03 Å². The number of amides is 4. The summed E-state index contributed by atoms with van der Waals surface area (Å²) in [5, 5.41) is 17.6. The van der Waals surface area contributed by atoms with Gasteiger partial charge < -0.3 is 30.9 Å². The largest absolute Gasteiger partial charge is 0.508 e. The third kappa shape index (κ3) is 7.58. The number of phenolic OH excluding ortho intramolecular Hbond substituents is 1. The highest BCUT2D eigenvalue weighted by molar-refractivity contribution is 5.90. The van der Waals surface area contributed by atoms with Crippen molar-refractivity contribution >= 4 is 17.8 Å². The van der Waals surface area contributed by atoms with E-state index in [2.05, 4.69) is 16.0 Å². The zero-order chi connectivity index (χ0) is 27.8. The number of nitrogens with one attached hydrogen (secondary N) is 3. The average molecular weight is 534 g/mol. The zero-order valence-corrected chi connectivity index (χ0v) is 23.1. The van der Waals surface area contributed by atoms with E-state index in [-0.39, 0.29) is 59.5 Å². The number of halogens is 1. The summed E-state index contributed by atoms with van der Waals surface area (Å²) in [6.07, 6.45) is 7.00. The van der Waals surface area contributed by atoms with Gasteiger partial charge in [-0.05, 0) is 83.7 Å². The third-order valence-electron chi connectivity index (χ3n) is 7.87. The average Bonchev–Trinajstić information content (AvgIpc) is 3.51. The molecule has 3 unspecified atom stereocenters. The van der Waals surface area contributed by atoms with Crippen LogP contribution in [0.3, 0.4) is 0 Å². The summed E-state index contributed by atoms with van der Waals surface area (Å²) in [6, 6.07) is 4.40. The van der Waals surface area contributed by atoms with Crippen molar-refractivity contribution in [3.05, 3.63) is 30.1 Å². The summed E-state index contributed by atoms with van der Waals surface area (Å²) >= 11 is 0. The highest BCUT2D eigenvalue weighted by Crippen LogP contribution is 2.34. The quantitative estimate of drug-likeness (QED) is 0.449. The maximum atomic E-state index is 13.7. The van der Waals surface area contributed by atoms with Crippen LogP contribution in [0.15, 0.2) is 24.3 Å². The second-order valence-electron chi connectivity index (χ2n) is 10.9. The van der Waals surface area contributed by atoms with Gasteiger partial charge in [-0.2, -0.15) is 0 Å². The van der Waals surface area contributed by atoms with Gasteiger partial charge in [0.25, 0.3) is 0 Å². The highest BCUT2D eigenvalue weighted by atomic mass is 19.1. The van der Waals surface area contributed by atoms with Crippen molar-refractivity contribution < 1.29 is 23.9 Å². The lowest BCUT2D eigenvalue weighted by molar-refractivity contribution is -0.139. The second-order valence-corrected chi connectivity index (χ2v) is 10.9. The number of likely N-dealkylation sites (tertiary alicyclic amines) is 2. The molecule has 4 atom stereocenters. The van der Waals surface area contributed by atoms with E-state index >= 15 is 0 Å². The SMILES string of the molecule is CN[C@@H](C)C(=O)NC(C(=O)N1CCC2C1CCN2C(=O)NC(C)C)C1CCCCC1.Oc1ccc(F)cc1. The first-order valence-electron chi connectivity index (χ1n) is 13.9. The van der Waals surface area contributed by atoms with Gasteiger partial charge in [0, 0.05) is 19.1 Å². The number of rotatable bonds is 6. The van der Waals surface area contributed by atoms with Crippen LogP contribution in [0.5, 0.6) is 5.75 Å². The smallest absolute Gasteiger partial charge is 0.317 e. The van der Waals surface area contributed by atoms with Gasteiger partial charge in [-0.25, -0.2) is 9.18 Å². The topological polar surface area (TPSA) is 114 Å². The molecule has 4 N–H and O–H groups in total. The van der Waals surface area contributed by atoms with Gasteiger partial charge in [-0.1, -0.05) is 19.3 Å². The Morgan fingerprint density at radius 2 is 1.47 bits per heavy atom. The van der Waals surface area contributed by atoms with Crippen LogP contribution in [-0.2, 0) is 9.59 Å². The molecule has 0 bridgehead atoms. The number of benzene rings is 1. The Morgan fingerprint density at radius 1 is 0.895 bits per heavy atom. The van der Waals surface area contributed by atoms with Gasteiger partial charge in [-0.15, -0.1) is 0 Å². The van der Waals surface area contributed by atoms with Gasteiger partial charge in [-0.3, -0.25) is 9.59 Å². The lowest BCUT2D eigenvalue weighted by Gasteiger charge is -2.35. The fraction of sp³-hybridized carbons (Fsp3) is 0.679. The molecule has 4 amide bonds. The van der Waals surface area contributed by atoms with E-state index in [9.17, 15) is 18.8 Å². The van der Waals surface area contributed by atoms with E-state index in [4.69, 9.17) is 5.11 Å². The molecule has 0 spiro atoms. The normalized spacial score (nSPS) is 22.8. The number of urea groups is 1. The van der Waals surface area contributed by atoms with Crippen LogP contribution in [0.25, 0.3) is 0 Å². The van der Waals surface area contributed by atoms with Gasteiger partial charge in [0.15, 0.2) is 0 Å². The lowest BCUT2D eigenvalue weighted by atomic mass is 9.83. The first kappa shape index (κ1) is 29.7. The minimum absolute atomic E-state index is 0.0354. The number of phenols is 1. The van der Waals surface area contributed by atoms with Gasteiger partial charge in [0.05, 0.1) is 18.1 Å². The number of nitrogens with zero attached hydrogens (tertiary/aromatic N) is 2. The summed E-state index contributed by atoms with van der Waals surface area (Å²) in [5.41, 5.74) is 0. The minimum atomic E-state index is -0.467. The maximum absolute atomic E-state index is 13.7. The number of hydrogen-bond donors (Lipinski definition) is 4. The van der Waals surface area contributed by atoms with E-state index in [1.807, 2.05) is 30.6 Å². The van der Waals surface area contributed by atoms with E-state index in [1.165, 1.54) is 30.7 Å². The van der Waals surface area contributed by atoms with E-state index < -0.39 is 6.04 Å². The van der Waals surface area contributed by atoms with E-state index in [0.29, 0.717) is 13.1 Å². The van der Waals surface area contributed by atoms with Crippen molar-refractivity contribution in [2.75, 3.05) is 20.1 Å². The molecular weight excluding hydrogens is 489 g/mol. The molecule has 1 saturated carbocycles. The summed E-state index contributed by atoms with van der Waals surface area (Å²) in [5.74, 6) is -0.132. The van der Waals surface area contributed by atoms with Crippen molar-refractivity contribution in [3.8, 4) is 5.75 Å². The molecule has 0 aromatic heterocycles. The fourth-order valence-corrected chi connectivity index (χ4v) is 5.72. The van der Waals surface area contributed by atoms with Gasteiger partial charge in [0.2, 0.25) is 11.8 Å². The standard InChI is InChI=1S/C22H39N5O3.C6H5FO/c1-14(2)24-22(30)27-13-11-17-18(27)10-12-26(17)21(29)19(16-8-6-5-7-9-16)25-20(28)15(3)23-4;7-5-1-3-6(8)4-2-5/h14-19,23H,5-13H2,1-4H3,(H,24,30)(H,25,28);1-4,8H/t15-,17?,18?,19?;/m0./s1. The Morgan fingerprint density at radius 3 is 2.03 bits per heavy atom. The fourth-order valence-electron chi connectivity index (χ4n) is 5.72. The number of carbonyl (C=O) groups excluding carboxylic acids is 3. The Balaban J connectivity index is 0.000000427. The highest BCUT2D eigenvalue weighted by Gasteiger charge is 2.48. The molecule has 1 aromatic rings. The van der Waals surface area contributed by atoms with Crippen LogP contribution < -0.4 is 16.0 Å². The molecule has 3 aliphatic rings. The number of aromatic hydroxyl groups is 1. The molecule has 3 fully saturated rings. The van der Waals surface area contributed by atoms with Crippen LogP contribution in [0.1, 0.15) is 65.7 Å². The molecule has 2 saturated heterocycles. The number of hydrogen-bond acceptors (Lipinski definition) is 5. The molecule has 1 aliphatic carbocycles. The summed E-state index contributed by atoms with van der Waals surface area (Å²) < 4.78 is 12.0. The first-order chi connectivity index (χ1) is 18.1. The van der Waals surface area contributed by atoms with Crippen LogP contribution in [0.4, 0.5) is 9.18 Å². The van der Waals surface area contributed by atoms with E-state index in [0.717, 1.165) is 38.5 Å². The van der Waals surface area contributed by atoms with Crippen LogP contribution in [0, 0.1) is 11.7 Å². The zero-order valence-electron chi connectivity index (χ0n) is 23.1. The van der Waals surface area contributed by atoms with Crippen LogP contribution >= 0.6 is 0 Å². The molecule has 212 valence electrons. The molecule has 2 heterocycles. The lowest BCUT2D eigenvalue weighted by Crippen LogP contribution is -2.57. The number of likely N-dealkylation sites (N-methyl/N-ethyl adjacent to an activating group) is 1.